The fraction of sp³-hybridized carbons (Fsp3) is 0. The van der Waals surface area contributed by atoms with Crippen LogP contribution in [0.2, 0.25) is 0 Å². The molecule has 0 aliphatic heterocycles. The van der Waals surface area contributed by atoms with E-state index in [0.717, 1.165) is 0 Å². The van der Waals surface area contributed by atoms with E-state index < -0.39 is 57.6 Å². The van der Waals surface area contributed by atoms with Gasteiger partial charge in [-0.25, -0.2) is 29.5 Å². The van der Waals surface area contributed by atoms with Crippen molar-refractivity contribution in [3.63, 3.8) is 0 Å². The summed E-state index contributed by atoms with van der Waals surface area (Å²) >= 11 is 0. The monoisotopic (exact) mass is 1820 g/mol. The molecule has 0 aromatic carbocycles. The third kappa shape index (κ3) is 57.4. The maximum Gasteiger partial charge on any atom is 2.00 e. The van der Waals surface area contributed by atoms with Gasteiger partial charge in [-0.1, -0.05) is 48.5 Å². The summed E-state index contributed by atoms with van der Waals surface area (Å²) in [4.78, 5) is 89.6. The minimum atomic E-state index is -1.75. The predicted molar refractivity (Wildman–Crippen MR) is 368 cm³/mol. The molecular weight excluding hydrogens is 1750 g/mol. The molecule has 113 heavy (non-hydrogen) atoms. The van der Waals surface area contributed by atoms with Gasteiger partial charge in [-0.05, 0) is 97.1 Å². The summed E-state index contributed by atoms with van der Waals surface area (Å²) in [5, 5.41) is 143. The molecule has 0 atom stereocenters. The van der Waals surface area contributed by atoms with Crippen molar-refractivity contribution in [2.75, 3.05) is 0 Å². The SMILES string of the molecule is N/C(=N\N=C(/[O-])c1cccc(C(=O)O)n1)c1ccccn1.N/C(=N\N=C(/[O-])c1cccc(C(=O)O)n1)c1ccccn1.N/C(=N\N=C(/[O-])c1cccc(C(=O)[O-])n1)c1ccccn1.N/C(=N\N=C(/[O-])c1cccc(C(=O)[O-])n1)c1ccccn1.O.O.O.O.O.O.O.O.O.O.O.O.O.O.O.O.O.O=[N+]([O-])[O-].O=[N+]([O-])[O-].[Cu+2].[Cu+2].[Cu+2].[Cu+2]. The average molecular weight is 1820 g/mol. The predicted octanol–water partition coefficient (Wildman–Crippen LogP) is -18.8. The number of carbonyl (C=O) groups is 4. The van der Waals surface area contributed by atoms with Crippen LogP contribution in [0, 0.1) is 30.6 Å². The van der Waals surface area contributed by atoms with Crippen LogP contribution in [0.15, 0.2) is 211 Å². The Bertz CT molecular complexity index is 3630. The van der Waals surface area contributed by atoms with Gasteiger partial charge in [0.1, 0.15) is 34.2 Å². The van der Waals surface area contributed by atoms with Crippen LogP contribution in [0.5, 0.6) is 0 Å². The third-order valence-corrected chi connectivity index (χ3v) is 9.43. The molecule has 61 heteroatoms. The smallest absolute Gasteiger partial charge is 0.856 e. The van der Waals surface area contributed by atoms with E-state index in [1.807, 2.05) is 0 Å². The van der Waals surface area contributed by atoms with Crippen LogP contribution < -0.4 is 53.6 Å². The molecule has 0 saturated carbocycles. The van der Waals surface area contributed by atoms with Crippen LogP contribution in [0.4, 0.5) is 0 Å². The van der Waals surface area contributed by atoms with Crippen molar-refractivity contribution in [3.05, 3.63) is 269 Å². The van der Waals surface area contributed by atoms with E-state index in [-0.39, 0.29) is 230 Å². The van der Waals surface area contributed by atoms with Gasteiger partial charge < -0.3 is 197 Å². The van der Waals surface area contributed by atoms with Gasteiger partial charge in [-0.15, -0.1) is 20.4 Å². The number of carboxylic acids is 4. The fourth-order valence-corrected chi connectivity index (χ4v) is 5.54. The minimum Gasteiger partial charge on any atom is -0.856 e. The zero-order valence-corrected chi connectivity index (χ0v) is 59.4. The third-order valence-electron chi connectivity index (χ3n) is 9.43. The Labute approximate surface area is 672 Å². The largest absolute Gasteiger partial charge is 2.00 e. The number of hydrogen-bond acceptors (Lipinski definition) is 32. The van der Waals surface area contributed by atoms with Crippen molar-refractivity contribution >= 4 is 70.8 Å². The second-order valence-corrected chi connectivity index (χ2v) is 15.7. The van der Waals surface area contributed by atoms with Crippen LogP contribution in [-0.2, 0) is 68.3 Å². The number of carboxylic acid groups (broad SMARTS) is 4. The van der Waals surface area contributed by atoms with E-state index in [1.54, 1.807) is 72.8 Å². The first kappa shape index (κ1) is 149. The second kappa shape index (κ2) is 79.7. The van der Waals surface area contributed by atoms with Crippen LogP contribution in [0.1, 0.15) is 87.5 Å². The van der Waals surface area contributed by atoms with Crippen molar-refractivity contribution < 1.29 is 232 Å². The maximum atomic E-state index is 11.8. The summed E-state index contributed by atoms with van der Waals surface area (Å²) < 4.78 is 0. The molecule has 4 radical (unpaired) electrons. The molecule has 8 heterocycles. The van der Waals surface area contributed by atoms with E-state index in [4.69, 9.17) is 63.8 Å². The summed E-state index contributed by atoms with van der Waals surface area (Å²) in [6.45, 7) is 0. The number of nitrogens with zero attached hydrogens (tertiary/aromatic N) is 18. The first-order valence-electron chi connectivity index (χ1n) is 24.2. The molecule has 8 rings (SSSR count). The van der Waals surface area contributed by atoms with Gasteiger partial charge in [0, 0.05) is 48.4 Å². The molecule has 44 N–H and O–H groups in total. The first-order chi connectivity index (χ1) is 43.8. The molecule has 0 fully saturated rings. The number of pyridine rings is 8. The second-order valence-electron chi connectivity index (χ2n) is 15.7. The topological polar surface area (TPSA) is 1220 Å². The molecule has 57 nitrogen and oxygen atoms in total. The van der Waals surface area contributed by atoms with Gasteiger partial charge in [-0.3, -0.25) is 19.9 Å². The van der Waals surface area contributed by atoms with Gasteiger partial charge in [0.25, 0.3) is 0 Å². The van der Waals surface area contributed by atoms with Crippen LogP contribution in [-0.4, -0.2) is 224 Å². The Morgan fingerprint density at radius 2 is 0.416 bits per heavy atom. The standard InChI is InChI=1S/4C13H11N5O3.4Cu.2NO3.17H2O/c4*14-11(8-4-1-2-7-15-8)17-18-12(19)9-5-3-6-10(16-9)13(20)21;;;;;2*2-1(3)4;;;;;;;;;;;;;;;;;/h4*1-7H,(H2,14,17)(H,18,19)(H,20,21);;;;;;;17*1H2/q;;;;4*+2;2*-1;;;;;;;;;;;;;;;;;/p-6. The van der Waals surface area contributed by atoms with Crippen LogP contribution in [0.25, 0.3) is 0 Å². The van der Waals surface area contributed by atoms with E-state index in [1.165, 1.54) is 97.6 Å². The Kier molecular flexibility index (Phi) is 105. The summed E-state index contributed by atoms with van der Waals surface area (Å²) in [5.74, 6) is -8.82. The summed E-state index contributed by atoms with van der Waals surface area (Å²) in [5.41, 5.74) is 22.1. The molecule has 8 aromatic rings. The summed E-state index contributed by atoms with van der Waals surface area (Å²) in [6, 6.07) is 35.8. The van der Waals surface area contributed by atoms with E-state index in [9.17, 15) is 49.8 Å². The Balaban J connectivity index is -0.0000000559. The molecular formula is C52H72Cu4N22O35. The maximum absolute atomic E-state index is 11.8. The van der Waals surface area contributed by atoms with Gasteiger partial charge in [-0.2, -0.15) is 20.4 Å². The van der Waals surface area contributed by atoms with Crippen molar-refractivity contribution in [1.29, 1.82) is 0 Å². The zero-order valence-electron chi connectivity index (χ0n) is 55.7. The van der Waals surface area contributed by atoms with Crippen molar-refractivity contribution in [2.24, 2.45) is 63.7 Å². The number of aromatic nitrogens is 8. The number of aromatic carboxylic acids is 4. The molecule has 0 spiro atoms. The van der Waals surface area contributed by atoms with Crippen LogP contribution in [0.3, 0.4) is 0 Å². The molecule has 8 aromatic heterocycles. The van der Waals surface area contributed by atoms with Gasteiger partial charge in [0.2, 0.25) is 0 Å². The van der Waals surface area contributed by atoms with Crippen molar-refractivity contribution in [2.45, 2.75) is 0 Å². The van der Waals surface area contributed by atoms with E-state index >= 15 is 0 Å². The van der Waals surface area contributed by atoms with Gasteiger partial charge in [0.05, 0.1) is 56.3 Å². The van der Waals surface area contributed by atoms with Crippen LogP contribution >= 0.6 is 0 Å². The number of carbonyl (C=O) groups excluding carboxylic acids is 2. The quantitative estimate of drug-likeness (QED) is 0.0172. The zero-order chi connectivity index (χ0) is 68.1. The molecule has 0 saturated heterocycles. The van der Waals surface area contributed by atoms with Gasteiger partial charge in [0.15, 0.2) is 23.3 Å². The van der Waals surface area contributed by atoms with Gasteiger partial charge >= 0.3 is 80.2 Å². The molecule has 0 aliphatic carbocycles. The number of amidine groups is 4. The molecule has 0 unspecified atom stereocenters. The Morgan fingerprint density at radius 3 is 0.566 bits per heavy atom. The number of hydrogen-bond donors (Lipinski definition) is 6. The summed E-state index contributed by atoms with van der Waals surface area (Å²) in [7, 11) is 0. The minimum absolute atomic E-state index is 0. The fourth-order valence-electron chi connectivity index (χ4n) is 5.54. The van der Waals surface area contributed by atoms with Crippen molar-refractivity contribution in [1.82, 2.24) is 39.9 Å². The summed E-state index contributed by atoms with van der Waals surface area (Å²) in [6.07, 6.45) is 6.09. The van der Waals surface area contributed by atoms with E-state index in [2.05, 4.69) is 80.7 Å². The van der Waals surface area contributed by atoms with Crippen molar-refractivity contribution in [3.8, 4) is 0 Å². The normalized spacial score (nSPS) is 9.49. The Morgan fingerprint density at radius 1 is 0.265 bits per heavy atom. The molecule has 644 valence electrons. The average Bonchev–Trinajstić information content (AvgIpc) is 0.883. The molecule has 0 bridgehead atoms. The Hall–Kier alpha value is -13.4. The number of rotatable bonds is 16. The molecule has 0 aliphatic rings. The van der Waals surface area contributed by atoms with E-state index in [0.29, 0.717) is 22.8 Å². The molecule has 0 amide bonds. The number of nitrogens with two attached hydrogens (primary N) is 4. The first-order valence-corrected chi connectivity index (χ1v) is 24.2.